The molecule has 2 aromatic carbocycles. The molecule has 1 aliphatic heterocycles. The zero-order valence-corrected chi connectivity index (χ0v) is 17.3. The molecule has 0 aliphatic carbocycles. The Balaban J connectivity index is 1.65. The number of thiophene rings is 1. The number of carbonyl (C=O) groups excluding carboxylic acids is 1. The second-order valence-electron chi connectivity index (χ2n) is 6.93. The van der Waals surface area contributed by atoms with Gasteiger partial charge in [0, 0.05) is 47.4 Å². The molecule has 1 aliphatic rings. The number of methoxy groups -OCH3 is 1. The van der Waals surface area contributed by atoms with Crippen molar-refractivity contribution in [3.8, 4) is 5.75 Å². The third-order valence-electron chi connectivity index (χ3n) is 5.18. The maximum Gasteiger partial charge on any atom is 0.252 e. The van der Waals surface area contributed by atoms with Gasteiger partial charge in [0.2, 0.25) is 0 Å². The van der Waals surface area contributed by atoms with Crippen molar-refractivity contribution < 1.29 is 9.53 Å². The van der Waals surface area contributed by atoms with Gasteiger partial charge in [0.15, 0.2) is 0 Å². The fourth-order valence-corrected chi connectivity index (χ4v) is 4.12. The van der Waals surface area contributed by atoms with Crippen LogP contribution in [0.15, 0.2) is 70.3 Å². The number of aliphatic imine (C=N–C) groups is 1. The SMILES string of the molecule is COc1ccc2c(c1)N(C)C(CNC(=O)c1ccsc1)CN=C2c1ccccc1. The molecule has 1 aromatic heterocycles. The van der Waals surface area contributed by atoms with Crippen LogP contribution in [-0.4, -0.2) is 44.9 Å². The van der Waals surface area contributed by atoms with Crippen LogP contribution in [0.5, 0.6) is 5.75 Å². The number of nitrogens with one attached hydrogen (secondary N) is 1. The molecule has 1 N–H and O–H groups in total. The molecule has 3 aromatic rings. The molecule has 29 heavy (non-hydrogen) atoms. The second-order valence-corrected chi connectivity index (χ2v) is 7.71. The Morgan fingerprint density at radius 3 is 2.79 bits per heavy atom. The monoisotopic (exact) mass is 405 g/mol. The predicted octanol–water partition coefficient (Wildman–Crippen LogP) is 3.84. The van der Waals surface area contributed by atoms with E-state index in [1.54, 1.807) is 7.11 Å². The van der Waals surface area contributed by atoms with Crippen LogP contribution in [-0.2, 0) is 0 Å². The van der Waals surface area contributed by atoms with Gasteiger partial charge in [0.25, 0.3) is 5.91 Å². The molecule has 1 amide bonds. The highest BCUT2D eigenvalue weighted by Crippen LogP contribution is 2.31. The molecule has 148 valence electrons. The first-order valence-corrected chi connectivity index (χ1v) is 10.4. The molecule has 0 fully saturated rings. The molecule has 0 radical (unpaired) electrons. The standard InChI is InChI=1S/C23H23N3O2S/c1-26-18(14-25-23(27)17-10-11-29-15-17)13-24-22(16-6-4-3-5-7-16)20-9-8-19(28-2)12-21(20)26/h3-12,15,18H,13-14H2,1-2H3,(H,25,27). The second kappa shape index (κ2) is 8.49. The summed E-state index contributed by atoms with van der Waals surface area (Å²) in [6.45, 7) is 1.09. The van der Waals surface area contributed by atoms with Crippen LogP contribution in [0.1, 0.15) is 21.5 Å². The van der Waals surface area contributed by atoms with Gasteiger partial charge in [-0.2, -0.15) is 11.3 Å². The zero-order chi connectivity index (χ0) is 20.2. The van der Waals surface area contributed by atoms with E-state index in [1.807, 2.05) is 54.2 Å². The summed E-state index contributed by atoms with van der Waals surface area (Å²) in [5.41, 5.74) is 4.84. The highest BCUT2D eigenvalue weighted by Gasteiger charge is 2.25. The minimum Gasteiger partial charge on any atom is -0.497 e. The summed E-state index contributed by atoms with van der Waals surface area (Å²) in [6.07, 6.45) is 0. The zero-order valence-electron chi connectivity index (χ0n) is 16.5. The van der Waals surface area contributed by atoms with Crippen molar-refractivity contribution in [2.75, 3.05) is 32.1 Å². The van der Waals surface area contributed by atoms with Gasteiger partial charge in [-0.3, -0.25) is 9.79 Å². The van der Waals surface area contributed by atoms with E-state index in [-0.39, 0.29) is 11.9 Å². The van der Waals surface area contributed by atoms with Gasteiger partial charge in [-0.15, -0.1) is 0 Å². The lowest BCUT2D eigenvalue weighted by atomic mass is 10.00. The number of amides is 1. The Bertz CT molecular complexity index is 1020. The first-order chi connectivity index (χ1) is 14.2. The maximum atomic E-state index is 12.4. The van der Waals surface area contributed by atoms with Crippen LogP contribution in [0.2, 0.25) is 0 Å². The Morgan fingerprint density at radius 2 is 2.07 bits per heavy atom. The van der Waals surface area contributed by atoms with Crippen LogP contribution in [0.25, 0.3) is 0 Å². The van der Waals surface area contributed by atoms with Gasteiger partial charge in [0.05, 0.1) is 25.4 Å². The van der Waals surface area contributed by atoms with E-state index in [9.17, 15) is 4.79 Å². The fourth-order valence-electron chi connectivity index (χ4n) is 3.48. The number of rotatable bonds is 5. The van der Waals surface area contributed by atoms with Crippen LogP contribution < -0.4 is 15.0 Å². The number of likely N-dealkylation sites (N-methyl/N-ethyl adjacent to an activating group) is 1. The van der Waals surface area contributed by atoms with E-state index in [2.05, 4.69) is 28.4 Å². The number of fused-ring (bicyclic) bond motifs is 1. The van der Waals surface area contributed by atoms with E-state index in [0.29, 0.717) is 18.7 Å². The number of hydrogen-bond donors (Lipinski definition) is 1. The number of nitrogens with zero attached hydrogens (tertiary/aromatic N) is 2. The third kappa shape index (κ3) is 4.03. The van der Waals surface area contributed by atoms with Crippen molar-refractivity contribution in [3.05, 3.63) is 82.0 Å². The quantitative estimate of drug-likeness (QED) is 0.702. The molecule has 4 rings (SSSR count). The van der Waals surface area contributed by atoms with Crippen LogP contribution in [0.4, 0.5) is 5.69 Å². The van der Waals surface area contributed by atoms with E-state index >= 15 is 0 Å². The molecular formula is C23H23N3O2S. The first-order valence-electron chi connectivity index (χ1n) is 9.49. The van der Waals surface area contributed by atoms with Gasteiger partial charge in [-0.1, -0.05) is 30.3 Å². The number of ether oxygens (including phenoxy) is 1. The third-order valence-corrected chi connectivity index (χ3v) is 5.86. The van der Waals surface area contributed by atoms with Gasteiger partial charge in [-0.25, -0.2) is 0 Å². The topological polar surface area (TPSA) is 53.9 Å². The number of carbonyl (C=O) groups is 1. The number of benzodiazepines with no additional fused rings is 1. The molecule has 0 spiro atoms. The van der Waals surface area contributed by atoms with Gasteiger partial charge in [-0.05, 0) is 23.6 Å². The molecule has 6 heteroatoms. The lowest BCUT2D eigenvalue weighted by molar-refractivity contribution is 0.0952. The summed E-state index contributed by atoms with van der Waals surface area (Å²) in [7, 11) is 3.71. The van der Waals surface area contributed by atoms with Gasteiger partial charge >= 0.3 is 0 Å². The minimum atomic E-state index is -0.0537. The Morgan fingerprint density at radius 1 is 1.24 bits per heavy atom. The van der Waals surface area contributed by atoms with Crippen molar-refractivity contribution in [2.45, 2.75) is 6.04 Å². The average molecular weight is 406 g/mol. The van der Waals surface area contributed by atoms with Crippen LogP contribution in [0.3, 0.4) is 0 Å². The predicted molar refractivity (Wildman–Crippen MR) is 119 cm³/mol. The summed E-state index contributed by atoms with van der Waals surface area (Å²) in [6, 6.07) is 18.1. The van der Waals surface area contributed by atoms with Crippen LogP contribution in [0, 0.1) is 0 Å². The Labute approximate surface area is 174 Å². The van der Waals surface area contributed by atoms with Gasteiger partial charge < -0.3 is 15.0 Å². The summed E-state index contributed by atoms with van der Waals surface area (Å²) in [5, 5.41) is 6.82. The molecule has 5 nitrogen and oxygen atoms in total. The summed E-state index contributed by atoms with van der Waals surface area (Å²) in [5.74, 6) is 0.744. The molecule has 1 atom stereocenters. The lowest BCUT2D eigenvalue weighted by Gasteiger charge is -2.29. The number of hydrogen-bond acceptors (Lipinski definition) is 5. The highest BCUT2D eigenvalue weighted by atomic mass is 32.1. The molecule has 0 saturated heterocycles. The summed E-state index contributed by atoms with van der Waals surface area (Å²) in [4.78, 5) is 19.5. The molecular weight excluding hydrogens is 382 g/mol. The minimum absolute atomic E-state index is 0.0321. The van der Waals surface area contributed by atoms with E-state index in [1.165, 1.54) is 11.3 Å². The highest BCUT2D eigenvalue weighted by molar-refractivity contribution is 7.08. The van der Waals surface area contributed by atoms with E-state index in [0.717, 1.165) is 28.3 Å². The van der Waals surface area contributed by atoms with Gasteiger partial charge in [0.1, 0.15) is 5.75 Å². The lowest BCUT2D eigenvalue weighted by Crippen LogP contribution is -2.43. The average Bonchev–Trinajstić information content (AvgIpc) is 3.27. The summed E-state index contributed by atoms with van der Waals surface area (Å²) >= 11 is 1.52. The Hall–Kier alpha value is -3.12. The van der Waals surface area contributed by atoms with Crippen molar-refractivity contribution in [2.24, 2.45) is 4.99 Å². The maximum absolute atomic E-state index is 12.4. The van der Waals surface area contributed by atoms with E-state index in [4.69, 9.17) is 9.73 Å². The normalized spacial score (nSPS) is 15.9. The van der Waals surface area contributed by atoms with E-state index < -0.39 is 0 Å². The van der Waals surface area contributed by atoms with Crippen molar-refractivity contribution in [1.29, 1.82) is 0 Å². The molecule has 0 bridgehead atoms. The number of benzene rings is 2. The van der Waals surface area contributed by atoms with Crippen LogP contribution >= 0.6 is 11.3 Å². The molecule has 2 heterocycles. The molecule has 1 unspecified atom stereocenters. The van der Waals surface area contributed by atoms with Crippen molar-refractivity contribution in [1.82, 2.24) is 5.32 Å². The number of anilines is 1. The Kier molecular flexibility index (Phi) is 5.62. The first kappa shape index (κ1) is 19.2. The summed E-state index contributed by atoms with van der Waals surface area (Å²) < 4.78 is 5.46. The smallest absolute Gasteiger partial charge is 0.252 e. The molecule has 0 saturated carbocycles. The van der Waals surface area contributed by atoms with Crippen molar-refractivity contribution >= 4 is 28.6 Å². The fraction of sp³-hybridized carbons (Fsp3) is 0.217. The van der Waals surface area contributed by atoms with Crippen molar-refractivity contribution in [3.63, 3.8) is 0 Å². The largest absolute Gasteiger partial charge is 0.497 e.